The van der Waals surface area contributed by atoms with Gasteiger partial charge in [-0.25, -0.2) is 0 Å². The van der Waals surface area contributed by atoms with E-state index in [1.807, 2.05) is 32.0 Å². The molecule has 0 aromatic heterocycles. The van der Waals surface area contributed by atoms with Crippen molar-refractivity contribution in [2.45, 2.75) is 32.4 Å². The van der Waals surface area contributed by atoms with Gasteiger partial charge in [0.05, 0.1) is 0 Å². The van der Waals surface area contributed by atoms with E-state index in [9.17, 15) is 4.79 Å². The van der Waals surface area contributed by atoms with E-state index in [2.05, 4.69) is 10.2 Å². The zero-order valence-electron chi connectivity index (χ0n) is 11.3. The van der Waals surface area contributed by atoms with E-state index < -0.39 is 0 Å². The molecule has 1 fully saturated rings. The molecule has 19 heavy (non-hydrogen) atoms. The summed E-state index contributed by atoms with van der Waals surface area (Å²) in [5.41, 5.74) is 7.77. The molecule has 3 N–H and O–H groups in total. The van der Waals surface area contributed by atoms with Crippen molar-refractivity contribution in [3.05, 3.63) is 28.8 Å². The van der Waals surface area contributed by atoms with Crippen LogP contribution >= 0.6 is 11.6 Å². The van der Waals surface area contributed by atoms with E-state index in [0.717, 1.165) is 24.2 Å². The summed E-state index contributed by atoms with van der Waals surface area (Å²) in [6.45, 7) is 5.39. The topological polar surface area (TPSA) is 58.4 Å². The predicted molar refractivity (Wildman–Crippen MR) is 78.5 cm³/mol. The molecule has 2 unspecified atom stereocenters. The summed E-state index contributed by atoms with van der Waals surface area (Å²) in [6, 6.07) is 5.63. The van der Waals surface area contributed by atoms with Crippen LogP contribution in [0, 0.1) is 0 Å². The zero-order chi connectivity index (χ0) is 14.0. The molecule has 1 saturated heterocycles. The second kappa shape index (κ2) is 5.80. The monoisotopic (exact) mass is 281 g/mol. The van der Waals surface area contributed by atoms with Crippen LogP contribution in [0.15, 0.2) is 18.2 Å². The largest absolute Gasteiger partial charge is 0.358 e. The Morgan fingerprint density at radius 3 is 2.89 bits per heavy atom. The lowest BCUT2D eigenvalue weighted by Crippen LogP contribution is -2.55. The molecular formula is C14H20ClN3O. The van der Waals surface area contributed by atoms with Crippen LogP contribution in [0.2, 0.25) is 5.02 Å². The number of hydrogen-bond acceptors (Lipinski definition) is 3. The zero-order valence-corrected chi connectivity index (χ0v) is 12.1. The number of hydrogen-bond donors (Lipinski definition) is 2. The maximum Gasteiger partial charge on any atom is 0.242 e. The Balaban J connectivity index is 2.30. The van der Waals surface area contributed by atoms with Crippen LogP contribution in [-0.4, -0.2) is 25.0 Å². The van der Waals surface area contributed by atoms with Crippen molar-refractivity contribution in [2.24, 2.45) is 5.73 Å². The summed E-state index contributed by atoms with van der Waals surface area (Å²) in [6.07, 6.45) is 0.776. The molecule has 1 aromatic carbocycles. The fourth-order valence-electron chi connectivity index (χ4n) is 2.49. The van der Waals surface area contributed by atoms with Gasteiger partial charge in [0.1, 0.15) is 6.04 Å². The van der Waals surface area contributed by atoms with Gasteiger partial charge in [0.2, 0.25) is 5.91 Å². The first-order chi connectivity index (χ1) is 9.04. The Kier molecular flexibility index (Phi) is 4.32. The third-order valence-electron chi connectivity index (χ3n) is 3.52. The van der Waals surface area contributed by atoms with Crippen LogP contribution < -0.4 is 16.0 Å². The van der Waals surface area contributed by atoms with Crippen LogP contribution in [0.25, 0.3) is 0 Å². The SMILES string of the molecule is CCC1C(=O)NCCN1c1ccc(C(C)N)c(Cl)c1. The van der Waals surface area contributed by atoms with Crippen LogP contribution in [0.4, 0.5) is 5.69 Å². The van der Waals surface area contributed by atoms with Gasteiger partial charge in [-0.1, -0.05) is 24.6 Å². The third-order valence-corrected chi connectivity index (χ3v) is 3.85. The molecule has 4 nitrogen and oxygen atoms in total. The van der Waals surface area contributed by atoms with Crippen molar-refractivity contribution < 1.29 is 4.79 Å². The van der Waals surface area contributed by atoms with E-state index >= 15 is 0 Å². The molecule has 1 aliphatic heterocycles. The number of carbonyl (C=O) groups is 1. The summed E-state index contributed by atoms with van der Waals surface area (Å²) in [5, 5.41) is 3.55. The Bertz CT molecular complexity index is 476. The molecular weight excluding hydrogens is 262 g/mol. The molecule has 0 saturated carbocycles. The number of anilines is 1. The fraction of sp³-hybridized carbons (Fsp3) is 0.500. The lowest BCUT2D eigenvalue weighted by atomic mass is 10.1. The smallest absolute Gasteiger partial charge is 0.242 e. The minimum absolute atomic E-state index is 0.0844. The minimum atomic E-state index is -0.119. The van der Waals surface area contributed by atoms with E-state index in [1.165, 1.54) is 0 Å². The summed E-state index contributed by atoms with van der Waals surface area (Å²) < 4.78 is 0. The molecule has 1 heterocycles. The van der Waals surface area contributed by atoms with Gasteiger partial charge in [-0.3, -0.25) is 4.79 Å². The number of halogens is 1. The van der Waals surface area contributed by atoms with Crippen LogP contribution in [0.1, 0.15) is 31.9 Å². The fourth-order valence-corrected chi connectivity index (χ4v) is 2.84. The standard InChI is InChI=1S/C14H20ClN3O/c1-3-13-14(19)17-6-7-18(13)10-4-5-11(9(2)16)12(15)8-10/h4-5,8-9,13H,3,6-7,16H2,1-2H3,(H,17,19). The average molecular weight is 282 g/mol. The maximum absolute atomic E-state index is 11.9. The molecule has 0 bridgehead atoms. The van der Waals surface area contributed by atoms with Gasteiger partial charge in [-0.2, -0.15) is 0 Å². The summed E-state index contributed by atoms with van der Waals surface area (Å²) in [4.78, 5) is 14.0. The lowest BCUT2D eigenvalue weighted by molar-refractivity contribution is -0.123. The molecule has 0 aliphatic carbocycles. The highest BCUT2D eigenvalue weighted by Gasteiger charge is 2.28. The number of nitrogens with zero attached hydrogens (tertiary/aromatic N) is 1. The first kappa shape index (κ1) is 14.2. The number of rotatable bonds is 3. The van der Waals surface area contributed by atoms with Crippen molar-refractivity contribution in [1.29, 1.82) is 0 Å². The summed E-state index contributed by atoms with van der Waals surface area (Å²) in [7, 11) is 0. The van der Waals surface area contributed by atoms with Gasteiger partial charge >= 0.3 is 0 Å². The van der Waals surface area contributed by atoms with Gasteiger partial charge in [-0.05, 0) is 31.0 Å². The number of benzene rings is 1. The molecule has 1 aromatic rings. The molecule has 104 valence electrons. The van der Waals surface area contributed by atoms with Crippen molar-refractivity contribution in [2.75, 3.05) is 18.0 Å². The van der Waals surface area contributed by atoms with Crippen LogP contribution in [0.3, 0.4) is 0 Å². The lowest BCUT2D eigenvalue weighted by Gasteiger charge is -2.36. The van der Waals surface area contributed by atoms with Crippen molar-refractivity contribution in [1.82, 2.24) is 5.32 Å². The van der Waals surface area contributed by atoms with Crippen LogP contribution in [0.5, 0.6) is 0 Å². The maximum atomic E-state index is 11.9. The Hall–Kier alpha value is -1.26. The molecule has 0 radical (unpaired) electrons. The van der Waals surface area contributed by atoms with Gasteiger partial charge < -0.3 is 16.0 Å². The average Bonchev–Trinajstić information content (AvgIpc) is 2.37. The van der Waals surface area contributed by atoms with Gasteiger partial charge in [0.15, 0.2) is 0 Å². The van der Waals surface area contributed by atoms with Gasteiger partial charge in [-0.15, -0.1) is 0 Å². The van der Waals surface area contributed by atoms with Gasteiger partial charge in [0, 0.05) is 29.8 Å². The van der Waals surface area contributed by atoms with Gasteiger partial charge in [0.25, 0.3) is 0 Å². The van der Waals surface area contributed by atoms with Crippen molar-refractivity contribution in [3.63, 3.8) is 0 Å². The van der Waals surface area contributed by atoms with E-state index in [4.69, 9.17) is 17.3 Å². The quantitative estimate of drug-likeness (QED) is 0.892. The first-order valence-electron chi connectivity index (χ1n) is 6.64. The third kappa shape index (κ3) is 2.85. The second-order valence-corrected chi connectivity index (χ2v) is 5.31. The number of piperazine rings is 1. The highest BCUT2D eigenvalue weighted by atomic mass is 35.5. The molecule has 1 aliphatic rings. The van der Waals surface area contributed by atoms with Crippen molar-refractivity contribution in [3.8, 4) is 0 Å². The number of carbonyl (C=O) groups excluding carboxylic acids is 1. The van der Waals surface area contributed by atoms with E-state index in [-0.39, 0.29) is 18.0 Å². The number of nitrogens with one attached hydrogen (secondary N) is 1. The Labute approximate surface area is 118 Å². The van der Waals surface area contributed by atoms with E-state index in [1.54, 1.807) is 0 Å². The molecule has 0 spiro atoms. The molecule has 5 heteroatoms. The minimum Gasteiger partial charge on any atom is -0.358 e. The summed E-state index contributed by atoms with van der Waals surface area (Å²) in [5.74, 6) is 0.0844. The molecule has 1 amide bonds. The Morgan fingerprint density at radius 1 is 1.58 bits per heavy atom. The second-order valence-electron chi connectivity index (χ2n) is 4.90. The Morgan fingerprint density at radius 2 is 2.32 bits per heavy atom. The molecule has 2 atom stereocenters. The number of nitrogens with two attached hydrogens (primary N) is 1. The summed E-state index contributed by atoms with van der Waals surface area (Å²) >= 11 is 6.26. The predicted octanol–water partition coefficient (Wildman–Crippen LogP) is 2.07. The van der Waals surface area contributed by atoms with Crippen LogP contribution in [-0.2, 0) is 4.79 Å². The molecule has 2 rings (SSSR count). The highest BCUT2D eigenvalue weighted by Crippen LogP contribution is 2.29. The number of amides is 1. The normalized spacial score (nSPS) is 21.2. The first-order valence-corrected chi connectivity index (χ1v) is 7.01. The highest BCUT2D eigenvalue weighted by molar-refractivity contribution is 6.31. The van der Waals surface area contributed by atoms with Crippen molar-refractivity contribution >= 4 is 23.2 Å². The van der Waals surface area contributed by atoms with E-state index in [0.29, 0.717) is 11.6 Å².